The maximum atomic E-state index is 12.5. The number of phenols is 1. The summed E-state index contributed by atoms with van der Waals surface area (Å²) in [5.74, 6) is 0.0731. The smallest absolute Gasteiger partial charge is 0.255 e. The predicted molar refractivity (Wildman–Crippen MR) is 87.1 cm³/mol. The number of alkyl halides is 1. The summed E-state index contributed by atoms with van der Waals surface area (Å²) in [6, 6.07) is 10.9. The molecule has 1 amide bonds. The van der Waals surface area contributed by atoms with Crippen LogP contribution in [0.15, 0.2) is 36.4 Å². The van der Waals surface area contributed by atoms with Gasteiger partial charge in [0.1, 0.15) is 5.75 Å². The van der Waals surface area contributed by atoms with Gasteiger partial charge in [0, 0.05) is 11.3 Å². The van der Waals surface area contributed by atoms with E-state index in [0.29, 0.717) is 11.3 Å². The molecule has 2 aromatic carbocycles. The van der Waals surface area contributed by atoms with E-state index in [9.17, 15) is 9.90 Å². The Kier molecular flexibility index (Phi) is 4.73. The molecule has 0 bridgehead atoms. The van der Waals surface area contributed by atoms with Crippen LogP contribution in [0.2, 0.25) is 0 Å². The van der Waals surface area contributed by atoms with Crippen molar-refractivity contribution >= 4 is 28.3 Å². The van der Waals surface area contributed by atoms with Gasteiger partial charge < -0.3 is 10.4 Å². The molecule has 2 aromatic rings. The number of phenolic OH excluding ortho intramolecular Hbond substituents is 1. The first-order chi connectivity index (χ1) is 10.1. The first-order valence-corrected chi connectivity index (χ1v) is 7.69. The highest BCUT2D eigenvalue weighted by Crippen LogP contribution is 2.29. The van der Waals surface area contributed by atoms with Gasteiger partial charge in [0.2, 0.25) is 0 Å². The van der Waals surface area contributed by atoms with Crippen LogP contribution in [-0.2, 0) is 0 Å². The molecule has 2 N–H and O–H groups in total. The van der Waals surface area contributed by atoms with Crippen LogP contribution >= 0.6 is 11.6 Å². The van der Waals surface area contributed by atoms with Crippen LogP contribution in [0.25, 0.3) is 10.8 Å². The zero-order valence-electron chi connectivity index (χ0n) is 12.3. The number of amides is 1. The van der Waals surface area contributed by atoms with Crippen molar-refractivity contribution in [3.63, 3.8) is 0 Å². The van der Waals surface area contributed by atoms with E-state index in [2.05, 4.69) is 5.32 Å². The lowest BCUT2D eigenvalue weighted by Crippen LogP contribution is -2.49. The fraction of sp³-hybridized carbons (Fsp3) is 0.353. The van der Waals surface area contributed by atoms with Crippen LogP contribution in [0.3, 0.4) is 0 Å². The molecule has 0 saturated carbocycles. The standard InChI is InChI=1S/C17H20ClNO2/c1-3-17(4-2,11-18)19-16(21)14-10-9-12-7-5-6-8-13(12)15(14)20/h5-10,20H,3-4,11H2,1-2H3,(H,19,21). The lowest BCUT2D eigenvalue weighted by atomic mass is 9.94. The maximum absolute atomic E-state index is 12.5. The Hall–Kier alpha value is -1.74. The third-order valence-corrected chi connectivity index (χ3v) is 4.64. The highest BCUT2D eigenvalue weighted by atomic mass is 35.5. The van der Waals surface area contributed by atoms with Gasteiger partial charge in [-0.15, -0.1) is 11.6 Å². The van der Waals surface area contributed by atoms with E-state index < -0.39 is 5.54 Å². The van der Waals surface area contributed by atoms with E-state index >= 15 is 0 Å². The number of hydrogen-bond donors (Lipinski definition) is 2. The van der Waals surface area contributed by atoms with Crippen molar-refractivity contribution < 1.29 is 9.90 Å². The van der Waals surface area contributed by atoms with Gasteiger partial charge in [0.05, 0.1) is 11.1 Å². The molecule has 0 fully saturated rings. The largest absolute Gasteiger partial charge is 0.506 e. The van der Waals surface area contributed by atoms with Gasteiger partial charge in [0.25, 0.3) is 5.91 Å². The van der Waals surface area contributed by atoms with Gasteiger partial charge in [-0.2, -0.15) is 0 Å². The van der Waals surface area contributed by atoms with E-state index in [1.807, 2.05) is 38.1 Å². The summed E-state index contributed by atoms with van der Waals surface area (Å²) in [5, 5.41) is 14.9. The van der Waals surface area contributed by atoms with Crippen LogP contribution in [0.1, 0.15) is 37.0 Å². The molecule has 3 nitrogen and oxygen atoms in total. The van der Waals surface area contributed by atoms with Gasteiger partial charge in [-0.1, -0.05) is 44.2 Å². The molecular weight excluding hydrogens is 286 g/mol. The first kappa shape index (κ1) is 15.6. The number of halogens is 1. The van der Waals surface area contributed by atoms with Crippen LogP contribution < -0.4 is 5.32 Å². The molecule has 0 aromatic heterocycles. The normalized spacial score (nSPS) is 11.6. The minimum Gasteiger partial charge on any atom is -0.506 e. The quantitative estimate of drug-likeness (QED) is 0.818. The summed E-state index contributed by atoms with van der Waals surface area (Å²) in [4.78, 5) is 12.5. The van der Waals surface area contributed by atoms with Crippen LogP contribution in [0.5, 0.6) is 5.75 Å². The van der Waals surface area contributed by atoms with Crippen molar-refractivity contribution in [2.75, 3.05) is 5.88 Å². The second kappa shape index (κ2) is 6.35. The first-order valence-electron chi connectivity index (χ1n) is 7.16. The number of rotatable bonds is 5. The van der Waals surface area contributed by atoms with Gasteiger partial charge in [-0.3, -0.25) is 4.79 Å². The summed E-state index contributed by atoms with van der Waals surface area (Å²) in [7, 11) is 0. The molecule has 0 atom stereocenters. The zero-order valence-corrected chi connectivity index (χ0v) is 13.1. The number of nitrogens with one attached hydrogen (secondary N) is 1. The second-order valence-electron chi connectivity index (χ2n) is 5.26. The zero-order chi connectivity index (χ0) is 15.5. The molecule has 112 valence electrons. The molecular formula is C17H20ClNO2. The van der Waals surface area contributed by atoms with Gasteiger partial charge in [-0.05, 0) is 24.3 Å². The van der Waals surface area contributed by atoms with E-state index in [0.717, 1.165) is 18.2 Å². The Bertz CT molecular complexity index is 642. The van der Waals surface area contributed by atoms with Gasteiger partial charge in [-0.25, -0.2) is 0 Å². The fourth-order valence-electron chi connectivity index (χ4n) is 2.40. The third kappa shape index (κ3) is 2.98. The fourth-order valence-corrected chi connectivity index (χ4v) is 2.84. The second-order valence-corrected chi connectivity index (χ2v) is 5.53. The van der Waals surface area contributed by atoms with Crippen molar-refractivity contribution in [2.24, 2.45) is 0 Å². The van der Waals surface area contributed by atoms with Crippen molar-refractivity contribution in [3.8, 4) is 5.75 Å². The van der Waals surface area contributed by atoms with Crippen molar-refractivity contribution in [1.29, 1.82) is 0 Å². The highest BCUT2D eigenvalue weighted by molar-refractivity contribution is 6.19. The number of fused-ring (bicyclic) bond motifs is 1. The predicted octanol–water partition coefficient (Wildman–Crippen LogP) is 4.07. The van der Waals surface area contributed by atoms with E-state index in [4.69, 9.17) is 11.6 Å². The monoisotopic (exact) mass is 305 g/mol. The number of benzene rings is 2. The Labute approximate surface area is 129 Å². The lowest BCUT2D eigenvalue weighted by molar-refractivity contribution is 0.0900. The van der Waals surface area contributed by atoms with Gasteiger partial charge in [0.15, 0.2) is 0 Å². The molecule has 0 aliphatic rings. The molecule has 0 aliphatic heterocycles. The summed E-state index contributed by atoms with van der Waals surface area (Å²) in [6.07, 6.45) is 1.49. The number of carbonyl (C=O) groups is 1. The third-order valence-electron chi connectivity index (χ3n) is 4.13. The number of carbonyl (C=O) groups excluding carboxylic acids is 1. The van der Waals surface area contributed by atoms with E-state index in [1.165, 1.54) is 0 Å². The average molecular weight is 306 g/mol. The van der Waals surface area contributed by atoms with Crippen LogP contribution in [0, 0.1) is 0 Å². The number of hydrogen-bond acceptors (Lipinski definition) is 2. The Morgan fingerprint density at radius 2 is 1.86 bits per heavy atom. The minimum absolute atomic E-state index is 0.0151. The van der Waals surface area contributed by atoms with Crippen molar-refractivity contribution in [1.82, 2.24) is 5.32 Å². The van der Waals surface area contributed by atoms with Crippen LogP contribution in [-0.4, -0.2) is 22.4 Å². The van der Waals surface area contributed by atoms with Gasteiger partial charge >= 0.3 is 0 Å². The molecule has 4 heteroatoms. The molecule has 21 heavy (non-hydrogen) atoms. The molecule has 0 heterocycles. The summed E-state index contributed by atoms with van der Waals surface area (Å²) in [6.45, 7) is 3.98. The minimum atomic E-state index is -0.434. The summed E-state index contributed by atoms with van der Waals surface area (Å²) < 4.78 is 0. The number of aromatic hydroxyl groups is 1. The molecule has 2 rings (SSSR count). The molecule has 0 spiro atoms. The Morgan fingerprint density at radius 1 is 1.19 bits per heavy atom. The summed E-state index contributed by atoms with van der Waals surface area (Å²) in [5.41, 5.74) is -0.151. The molecule has 0 radical (unpaired) electrons. The molecule has 0 aliphatic carbocycles. The molecule has 0 unspecified atom stereocenters. The average Bonchev–Trinajstić information content (AvgIpc) is 2.53. The van der Waals surface area contributed by atoms with E-state index in [-0.39, 0.29) is 17.2 Å². The molecule has 0 saturated heterocycles. The van der Waals surface area contributed by atoms with Crippen LogP contribution in [0.4, 0.5) is 0 Å². The topological polar surface area (TPSA) is 49.3 Å². The lowest BCUT2D eigenvalue weighted by Gasteiger charge is -2.30. The van der Waals surface area contributed by atoms with E-state index in [1.54, 1.807) is 12.1 Å². The Morgan fingerprint density at radius 3 is 2.48 bits per heavy atom. The maximum Gasteiger partial charge on any atom is 0.255 e. The Balaban J connectivity index is 2.38. The highest BCUT2D eigenvalue weighted by Gasteiger charge is 2.28. The SMILES string of the molecule is CCC(CC)(CCl)NC(=O)c1ccc2ccccc2c1O. The van der Waals surface area contributed by atoms with Crippen molar-refractivity contribution in [3.05, 3.63) is 42.0 Å². The summed E-state index contributed by atoms with van der Waals surface area (Å²) >= 11 is 6.01. The van der Waals surface area contributed by atoms with Crippen molar-refractivity contribution in [2.45, 2.75) is 32.2 Å².